The number of nitrogens with two attached hydrogens (primary N) is 1. The molecule has 0 heterocycles. The Labute approximate surface area is 106 Å². The van der Waals surface area contributed by atoms with Gasteiger partial charge < -0.3 is 10.5 Å². The highest BCUT2D eigenvalue weighted by Gasteiger charge is 2.06. The topological polar surface area (TPSA) is 52.3 Å². The monoisotopic (exact) mass is 241 g/mol. The van der Waals surface area contributed by atoms with Crippen LogP contribution in [0.4, 0.5) is 5.69 Å². The van der Waals surface area contributed by atoms with Crippen molar-refractivity contribution in [1.29, 1.82) is 0 Å². The molecule has 0 aliphatic carbocycles. The van der Waals surface area contributed by atoms with Gasteiger partial charge in [-0.3, -0.25) is 4.79 Å². The molecule has 0 amide bonds. The number of Topliss-reactive ketones (excluding diaryl/α,β-unsaturated/α-hetero) is 1. The second-order valence-electron chi connectivity index (χ2n) is 3.96. The zero-order valence-corrected chi connectivity index (χ0v) is 10.0. The van der Waals surface area contributed by atoms with Crippen LogP contribution in [0, 0.1) is 0 Å². The molecular formula is C15H15NO2. The number of para-hydroxylation sites is 1. The summed E-state index contributed by atoms with van der Waals surface area (Å²) in [6.07, 6.45) is 0.346. The van der Waals surface area contributed by atoms with Gasteiger partial charge in [-0.2, -0.15) is 0 Å². The summed E-state index contributed by atoms with van der Waals surface area (Å²) in [4.78, 5) is 11.9. The van der Waals surface area contributed by atoms with E-state index in [-0.39, 0.29) is 5.78 Å². The number of ketones is 1. The summed E-state index contributed by atoms with van der Waals surface area (Å²) in [6, 6.07) is 16.4. The molecule has 0 aliphatic rings. The highest BCUT2D eigenvalue weighted by Crippen LogP contribution is 2.11. The van der Waals surface area contributed by atoms with Gasteiger partial charge in [0.15, 0.2) is 5.78 Å². The standard InChI is InChI=1S/C15H15NO2/c16-13-6-4-5-12(11-13)15(17)9-10-18-14-7-2-1-3-8-14/h1-8,11H,9-10,16H2. The summed E-state index contributed by atoms with van der Waals surface area (Å²) >= 11 is 0. The van der Waals surface area contributed by atoms with E-state index in [2.05, 4.69) is 0 Å². The fraction of sp³-hybridized carbons (Fsp3) is 0.133. The van der Waals surface area contributed by atoms with Gasteiger partial charge in [-0.25, -0.2) is 0 Å². The Bertz CT molecular complexity index is 523. The number of carbonyl (C=O) groups is 1. The van der Waals surface area contributed by atoms with E-state index in [9.17, 15) is 4.79 Å². The summed E-state index contributed by atoms with van der Waals surface area (Å²) in [6.45, 7) is 0.373. The van der Waals surface area contributed by atoms with E-state index >= 15 is 0 Å². The SMILES string of the molecule is Nc1cccc(C(=O)CCOc2ccccc2)c1. The molecule has 18 heavy (non-hydrogen) atoms. The Hall–Kier alpha value is -2.29. The Balaban J connectivity index is 1.86. The minimum atomic E-state index is 0.0400. The van der Waals surface area contributed by atoms with Crippen molar-refractivity contribution >= 4 is 11.5 Å². The second-order valence-corrected chi connectivity index (χ2v) is 3.96. The molecule has 0 saturated carbocycles. The van der Waals surface area contributed by atoms with E-state index in [0.717, 1.165) is 5.75 Å². The van der Waals surface area contributed by atoms with Crippen molar-refractivity contribution in [2.24, 2.45) is 0 Å². The number of nitrogen functional groups attached to an aromatic ring is 1. The average molecular weight is 241 g/mol. The maximum atomic E-state index is 11.9. The molecule has 0 aromatic heterocycles. The third-order valence-corrected chi connectivity index (χ3v) is 2.55. The highest BCUT2D eigenvalue weighted by atomic mass is 16.5. The Morgan fingerprint density at radius 2 is 1.83 bits per heavy atom. The van der Waals surface area contributed by atoms with Crippen molar-refractivity contribution < 1.29 is 9.53 Å². The normalized spacial score (nSPS) is 10.0. The van der Waals surface area contributed by atoms with Gasteiger partial charge in [0.05, 0.1) is 6.61 Å². The van der Waals surface area contributed by atoms with Crippen molar-refractivity contribution in [3.63, 3.8) is 0 Å². The number of rotatable bonds is 5. The average Bonchev–Trinajstić information content (AvgIpc) is 2.40. The summed E-state index contributed by atoms with van der Waals surface area (Å²) in [5.74, 6) is 0.816. The smallest absolute Gasteiger partial charge is 0.166 e. The Kier molecular flexibility index (Phi) is 3.97. The first-order chi connectivity index (χ1) is 8.75. The van der Waals surface area contributed by atoms with Gasteiger partial charge in [0.25, 0.3) is 0 Å². The van der Waals surface area contributed by atoms with Crippen LogP contribution in [-0.4, -0.2) is 12.4 Å². The van der Waals surface area contributed by atoms with Crippen molar-refractivity contribution in [2.45, 2.75) is 6.42 Å². The predicted octanol–water partition coefficient (Wildman–Crippen LogP) is 2.92. The van der Waals surface area contributed by atoms with Crippen LogP contribution in [0.1, 0.15) is 16.8 Å². The van der Waals surface area contributed by atoms with Gasteiger partial charge >= 0.3 is 0 Å². The first-order valence-corrected chi connectivity index (χ1v) is 5.82. The van der Waals surface area contributed by atoms with Crippen LogP contribution in [0.15, 0.2) is 54.6 Å². The van der Waals surface area contributed by atoms with Gasteiger partial charge in [-0.15, -0.1) is 0 Å². The molecule has 0 atom stereocenters. The highest BCUT2D eigenvalue weighted by molar-refractivity contribution is 5.96. The molecule has 0 saturated heterocycles. The summed E-state index contributed by atoms with van der Waals surface area (Å²) < 4.78 is 5.48. The van der Waals surface area contributed by atoms with Gasteiger partial charge in [-0.1, -0.05) is 30.3 Å². The molecule has 2 rings (SSSR count). The lowest BCUT2D eigenvalue weighted by Gasteiger charge is -2.05. The minimum absolute atomic E-state index is 0.0400. The molecule has 0 spiro atoms. The molecule has 2 aromatic rings. The fourth-order valence-corrected chi connectivity index (χ4v) is 1.63. The molecule has 2 aromatic carbocycles. The summed E-state index contributed by atoms with van der Waals surface area (Å²) in [5.41, 5.74) is 6.87. The van der Waals surface area contributed by atoms with Gasteiger partial charge in [0, 0.05) is 17.7 Å². The van der Waals surface area contributed by atoms with E-state index < -0.39 is 0 Å². The maximum absolute atomic E-state index is 11.9. The van der Waals surface area contributed by atoms with Crippen LogP contribution in [0.3, 0.4) is 0 Å². The van der Waals surface area contributed by atoms with Gasteiger partial charge in [-0.05, 0) is 24.3 Å². The maximum Gasteiger partial charge on any atom is 0.166 e. The van der Waals surface area contributed by atoms with Crippen LogP contribution in [0.25, 0.3) is 0 Å². The lowest BCUT2D eigenvalue weighted by atomic mass is 10.1. The number of ether oxygens (including phenoxy) is 1. The zero-order valence-electron chi connectivity index (χ0n) is 10.0. The van der Waals surface area contributed by atoms with Crippen molar-refractivity contribution in [1.82, 2.24) is 0 Å². The first-order valence-electron chi connectivity index (χ1n) is 5.82. The molecule has 0 radical (unpaired) electrons. The first kappa shape index (κ1) is 12.2. The zero-order chi connectivity index (χ0) is 12.8. The van der Waals surface area contributed by atoms with Crippen LogP contribution in [0.2, 0.25) is 0 Å². The number of hydrogen-bond acceptors (Lipinski definition) is 3. The molecule has 0 aliphatic heterocycles. The van der Waals surface area contributed by atoms with Crippen molar-refractivity contribution in [3.8, 4) is 5.75 Å². The van der Waals surface area contributed by atoms with E-state index in [0.29, 0.717) is 24.3 Å². The van der Waals surface area contributed by atoms with Crippen molar-refractivity contribution in [3.05, 3.63) is 60.2 Å². The predicted molar refractivity (Wildman–Crippen MR) is 71.7 cm³/mol. The largest absolute Gasteiger partial charge is 0.493 e. The number of anilines is 1. The summed E-state index contributed by atoms with van der Waals surface area (Å²) in [5, 5.41) is 0. The van der Waals surface area contributed by atoms with E-state index in [1.807, 2.05) is 30.3 Å². The molecular weight excluding hydrogens is 226 g/mol. The summed E-state index contributed by atoms with van der Waals surface area (Å²) in [7, 11) is 0. The van der Waals surface area contributed by atoms with Crippen LogP contribution < -0.4 is 10.5 Å². The lowest BCUT2D eigenvalue weighted by molar-refractivity contribution is 0.0962. The molecule has 0 fully saturated rings. The van der Waals surface area contributed by atoms with Crippen LogP contribution >= 0.6 is 0 Å². The Morgan fingerprint density at radius 3 is 2.56 bits per heavy atom. The van der Waals surface area contributed by atoms with E-state index in [1.54, 1.807) is 24.3 Å². The van der Waals surface area contributed by atoms with Crippen LogP contribution in [-0.2, 0) is 0 Å². The molecule has 0 bridgehead atoms. The quantitative estimate of drug-likeness (QED) is 0.646. The third-order valence-electron chi connectivity index (χ3n) is 2.55. The lowest BCUT2D eigenvalue weighted by Crippen LogP contribution is -2.07. The Morgan fingerprint density at radius 1 is 1.06 bits per heavy atom. The second kappa shape index (κ2) is 5.87. The van der Waals surface area contributed by atoms with E-state index in [1.165, 1.54) is 0 Å². The van der Waals surface area contributed by atoms with Gasteiger partial charge in [0.2, 0.25) is 0 Å². The molecule has 3 nitrogen and oxygen atoms in total. The number of carbonyl (C=O) groups excluding carboxylic acids is 1. The molecule has 92 valence electrons. The molecule has 0 unspecified atom stereocenters. The van der Waals surface area contributed by atoms with E-state index in [4.69, 9.17) is 10.5 Å². The molecule has 2 N–H and O–H groups in total. The minimum Gasteiger partial charge on any atom is -0.493 e. The number of benzene rings is 2. The van der Waals surface area contributed by atoms with Crippen molar-refractivity contribution in [2.75, 3.05) is 12.3 Å². The third kappa shape index (κ3) is 3.35. The fourth-order valence-electron chi connectivity index (χ4n) is 1.63. The van der Waals surface area contributed by atoms with Crippen LogP contribution in [0.5, 0.6) is 5.75 Å². The van der Waals surface area contributed by atoms with Gasteiger partial charge in [0.1, 0.15) is 5.75 Å². The molecule has 3 heteroatoms. The number of hydrogen-bond donors (Lipinski definition) is 1.